The average Bonchev–Trinajstić information content (AvgIpc) is 2.77. The van der Waals surface area contributed by atoms with Crippen molar-refractivity contribution in [3.05, 3.63) is 23.5 Å². The molecule has 16 heavy (non-hydrogen) atoms. The Hall–Kier alpha value is -0.800. The number of rotatable bonds is 1. The van der Waals surface area contributed by atoms with Crippen LogP contribution in [0.4, 0.5) is 5.69 Å². The van der Waals surface area contributed by atoms with E-state index in [9.17, 15) is 0 Å². The summed E-state index contributed by atoms with van der Waals surface area (Å²) in [6.07, 6.45) is 4.43. The van der Waals surface area contributed by atoms with E-state index in [-0.39, 0.29) is 0 Å². The van der Waals surface area contributed by atoms with Crippen molar-refractivity contribution in [2.45, 2.75) is 18.9 Å². The van der Waals surface area contributed by atoms with Crippen LogP contribution in [0.25, 0.3) is 0 Å². The van der Waals surface area contributed by atoms with Crippen molar-refractivity contribution in [1.29, 1.82) is 0 Å². The van der Waals surface area contributed by atoms with Gasteiger partial charge in [0.2, 0.25) is 0 Å². The number of halogens is 1. The molecule has 1 N–H and O–H groups in total. The minimum atomic E-state index is 0.571. The molecule has 2 fully saturated rings. The molecule has 0 spiro atoms. The summed E-state index contributed by atoms with van der Waals surface area (Å²) in [6.45, 7) is 3.46. The third-order valence-electron chi connectivity index (χ3n) is 3.73. The minimum absolute atomic E-state index is 0.571. The first kappa shape index (κ1) is 10.4. The van der Waals surface area contributed by atoms with Crippen LogP contribution in [0.1, 0.15) is 12.8 Å². The zero-order valence-corrected chi connectivity index (χ0v) is 9.95. The van der Waals surface area contributed by atoms with Gasteiger partial charge in [-0.3, -0.25) is 0 Å². The normalized spacial score (nSPS) is 29.2. The van der Waals surface area contributed by atoms with Crippen molar-refractivity contribution < 1.29 is 0 Å². The predicted molar refractivity (Wildman–Crippen MR) is 66.0 cm³/mol. The molecule has 3 heterocycles. The lowest BCUT2D eigenvalue weighted by molar-refractivity contribution is 0.376. The van der Waals surface area contributed by atoms with Gasteiger partial charge in [0.25, 0.3) is 0 Å². The Morgan fingerprint density at radius 1 is 1.38 bits per heavy atom. The Bertz CT molecular complexity index is 365. The van der Waals surface area contributed by atoms with Gasteiger partial charge in [0.1, 0.15) is 5.15 Å². The van der Waals surface area contributed by atoms with E-state index in [1.807, 2.05) is 12.3 Å². The molecular weight excluding hydrogens is 222 g/mol. The largest absolute Gasteiger partial charge is 0.370 e. The van der Waals surface area contributed by atoms with E-state index in [1.165, 1.54) is 25.1 Å². The van der Waals surface area contributed by atoms with Crippen LogP contribution in [0.15, 0.2) is 18.3 Å². The van der Waals surface area contributed by atoms with Gasteiger partial charge in [-0.15, -0.1) is 0 Å². The molecule has 2 aliphatic heterocycles. The summed E-state index contributed by atoms with van der Waals surface area (Å²) in [7, 11) is 0. The van der Waals surface area contributed by atoms with Crippen LogP contribution < -0.4 is 10.2 Å². The van der Waals surface area contributed by atoms with Crippen molar-refractivity contribution in [3.8, 4) is 0 Å². The summed E-state index contributed by atoms with van der Waals surface area (Å²) in [5, 5.41) is 4.15. The summed E-state index contributed by atoms with van der Waals surface area (Å²) in [5.41, 5.74) is 1.20. The first-order chi connectivity index (χ1) is 7.83. The van der Waals surface area contributed by atoms with Gasteiger partial charge in [-0.1, -0.05) is 11.6 Å². The van der Waals surface area contributed by atoms with Gasteiger partial charge in [-0.05, 0) is 37.4 Å². The number of piperidine rings is 1. The average molecular weight is 238 g/mol. The van der Waals surface area contributed by atoms with Crippen LogP contribution in [0.3, 0.4) is 0 Å². The van der Waals surface area contributed by atoms with E-state index in [0.29, 0.717) is 5.15 Å². The maximum Gasteiger partial charge on any atom is 0.129 e. The Morgan fingerprint density at radius 3 is 3.12 bits per heavy atom. The summed E-state index contributed by atoms with van der Waals surface area (Å²) in [4.78, 5) is 6.58. The zero-order chi connectivity index (χ0) is 11.0. The van der Waals surface area contributed by atoms with E-state index in [1.54, 1.807) is 0 Å². The molecule has 0 aromatic carbocycles. The lowest BCUT2D eigenvalue weighted by Gasteiger charge is -2.36. The number of nitrogens with one attached hydrogen (secondary N) is 1. The zero-order valence-electron chi connectivity index (χ0n) is 9.19. The number of aromatic nitrogens is 1. The second-order valence-electron chi connectivity index (χ2n) is 4.68. The van der Waals surface area contributed by atoms with E-state index in [2.05, 4.69) is 21.3 Å². The van der Waals surface area contributed by atoms with Crippen LogP contribution in [0.5, 0.6) is 0 Å². The van der Waals surface area contributed by atoms with Gasteiger partial charge in [0, 0.05) is 19.1 Å². The lowest BCUT2D eigenvalue weighted by Crippen LogP contribution is -2.44. The third-order valence-corrected chi connectivity index (χ3v) is 3.96. The molecule has 3 rings (SSSR count). The van der Waals surface area contributed by atoms with E-state index < -0.39 is 0 Å². The molecule has 0 bridgehead atoms. The highest BCUT2D eigenvalue weighted by Gasteiger charge is 2.32. The molecule has 0 radical (unpaired) electrons. The molecule has 1 aromatic rings. The number of hydrogen-bond donors (Lipinski definition) is 1. The molecule has 2 atom stereocenters. The SMILES string of the molecule is Clc1ccc(N2CCC3NCCC3C2)cn1. The second kappa shape index (κ2) is 4.22. The highest BCUT2D eigenvalue weighted by molar-refractivity contribution is 6.29. The molecule has 3 nitrogen and oxygen atoms in total. The van der Waals surface area contributed by atoms with Crippen molar-refractivity contribution in [2.24, 2.45) is 5.92 Å². The Morgan fingerprint density at radius 2 is 2.31 bits per heavy atom. The predicted octanol–water partition coefficient (Wildman–Crippen LogP) is 1.92. The number of pyridine rings is 1. The fraction of sp³-hybridized carbons (Fsp3) is 0.583. The van der Waals surface area contributed by atoms with E-state index in [4.69, 9.17) is 11.6 Å². The van der Waals surface area contributed by atoms with Crippen LogP contribution >= 0.6 is 11.6 Å². The quantitative estimate of drug-likeness (QED) is 0.757. The first-order valence-corrected chi connectivity index (χ1v) is 6.30. The van der Waals surface area contributed by atoms with Crippen LogP contribution in [0.2, 0.25) is 5.15 Å². The number of hydrogen-bond acceptors (Lipinski definition) is 3. The number of anilines is 1. The molecular formula is C12H16ClN3. The Labute approximate surface area is 101 Å². The molecule has 1 aromatic heterocycles. The fourth-order valence-electron chi connectivity index (χ4n) is 2.84. The van der Waals surface area contributed by atoms with Crippen molar-refractivity contribution in [2.75, 3.05) is 24.5 Å². The first-order valence-electron chi connectivity index (χ1n) is 5.93. The maximum atomic E-state index is 5.80. The van der Waals surface area contributed by atoms with Gasteiger partial charge in [0.15, 0.2) is 0 Å². The summed E-state index contributed by atoms with van der Waals surface area (Å²) in [6, 6.07) is 4.69. The van der Waals surface area contributed by atoms with Gasteiger partial charge >= 0.3 is 0 Å². The minimum Gasteiger partial charge on any atom is -0.370 e. The molecule has 0 amide bonds. The second-order valence-corrected chi connectivity index (χ2v) is 5.07. The van der Waals surface area contributed by atoms with Gasteiger partial charge in [-0.25, -0.2) is 4.98 Å². The number of fused-ring (bicyclic) bond motifs is 1. The van der Waals surface area contributed by atoms with Gasteiger partial charge < -0.3 is 10.2 Å². The Kier molecular flexibility index (Phi) is 2.74. The van der Waals surface area contributed by atoms with Gasteiger partial charge in [-0.2, -0.15) is 0 Å². The molecule has 0 saturated carbocycles. The van der Waals surface area contributed by atoms with Crippen molar-refractivity contribution >= 4 is 17.3 Å². The van der Waals surface area contributed by atoms with Crippen LogP contribution in [-0.4, -0.2) is 30.7 Å². The summed E-state index contributed by atoms with van der Waals surface area (Å²) in [5.74, 6) is 0.810. The maximum absolute atomic E-state index is 5.80. The monoisotopic (exact) mass is 237 g/mol. The summed E-state index contributed by atoms with van der Waals surface area (Å²) < 4.78 is 0. The number of nitrogens with zero attached hydrogens (tertiary/aromatic N) is 2. The molecule has 4 heteroatoms. The molecule has 0 aliphatic carbocycles. The third kappa shape index (κ3) is 1.89. The molecule has 86 valence electrons. The fourth-order valence-corrected chi connectivity index (χ4v) is 2.95. The molecule has 2 saturated heterocycles. The van der Waals surface area contributed by atoms with E-state index in [0.717, 1.165) is 25.0 Å². The molecule has 2 unspecified atom stereocenters. The lowest BCUT2D eigenvalue weighted by atomic mass is 9.93. The highest BCUT2D eigenvalue weighted by atomic mass is 35.5. The highest BCUT2D eigenvalue weighted by Crippen LogP contribution is 2.28. The van der Waals surface area contributed by atoms with E-state index >= 15 is 0 Å². The standard InChI is InChI=1S/C12H16ClN3/c13-12-2-1-10(7-15-12)16-6-4-11-9(8-16)3-5-14-11/h1-2,7,9,11,14H,3-6,8H2. The Balaban J connectivity index is 1.74. The molecule has 2 aliphatic rings. The van der Waals surface area contributed by atoms with Crippen molar-refractivity contribution in [3.63, 3.8) is 0 Å². The van der Waals surface area contributed by atoms with Crippen molar-refractivity contribution in [1.82, 2.24) is 10.3 Å². The van der Waals surface area contributed by atoms with Crippen LogP contribution in [0, 0.1) is 5.92 Å². The smallest absolute Gasteiger partial charge is 0.129 e. The summed E-state index contributed by atoms with van der Waals surface area (Å²) >= 11 is 5.80. The topological polar surface area (TPSA) is 28.2 Å². The van der Waals surface area contributed by atoms with Gasteiger partial charge in [0.05, 0.1) is 11.9 Å². The van der Waals surface area contributed by atoms with Crippen LogP contribution in [-0.2, 0) is 0 Å².